The predicted molar refractivity (Wildman–Crippen MR) is 73.2 cm³/mol. The molecule has 2 aliphatic heterocycles. The number of hydrogen-bond donors (Lipinski definition) is 0. The molecule has 0 radical (unpaired) electrons. The second kappa shape index (κ2) is 5.29. The van der Waals surface area contributed by atoms with Crippen molar-refractivity contribution >= 4 is 5.97 Å². The molecular formula is C16H22O5. The van der Waals surface area contributed by atoms with E-state index in [1.807, 2.05) is 0 Å². The van der Waals surface area contributed by atoms with Gasteiger partial charge in [0, 0.05) is 0 Å². The average Bonchev–Trinajstić information content (AvgIpc) is 3.36. The Morgan fingerprint density at radius 1 is 1.00 bits per heavy atom. The first-order chi connectivity index (χ1) is 10.2. The second-order valence-corrected chi connectivity index (χ2v) is 6.72. The number of carbonyl (C=O) groups is 1. The van der Waals surface area contributed by atoms with E-state index in [0.717, 1.165) is 38.5 Å². The van der Waals surface area contributed by atoms with Crippen molar-refractivity contribution in [3.05, 3.63) is 12.5 Å². The SMILES string of the molecule is C=C(OCC1CCC2OC2C1)OC(=O)C1CCC2OC2C1. The van der Waals surface area contributed by atoms with E-state index < -0.39 is 0 Å². The third-order valence-electron chi connectivity index (χ3n) is 5.14. The van der Waals surface area contributed by atoms with Crippen LogP contribution >= 0.6 is 0 Å². The van der Waals surface area contributed by atoms with Crippen LogP contribution in [0.15, 0.2) is 12.5 Å². The molecule has 5 nitrogen and oxygen atoms in total. The van der Waals surface area contributed by atoms with Gasteiger partial charge in [-0.15, -0.1) is 0 Å². The maximum absolute atomic E-state index is 12.0. The summed E-state index contributed by atoms with van der Waals surface area (Å²) in [5.74, 6) is 0.338. The van der Waals surface area contributed by atoms with E-state index in [-0.39, 0.29) is 23.9 Å². The van der Waals surface area contributed by atoms with Crippen molar-refractivity contribution in [3.8, 4) is 0 Å². The van der Waals surface area contributed by atoms with Gasteiger partial charge in [0.25, 0.3) is 5.95 Å². The molecule has 2 saturated heterocycles. The number of hydrogen-bond acceptors (Lipinski definition) is 5. The molecule has 0 spiro atoms. The Kier molecular flexibility index (Phi) is 3.42. The highest BCUT2D eigenvalue weighted by atomic mass is 16.7. The van der Waals surface area contributed by atoms with Gasteiger partial charge >= 0.3 is 5.97 Å². The smallest absolute Gasteiger partial charge is 0.316 e. The molecule has 6 unspecified atom stereocenters. The van der Waals surface area contributed by atoms with Crippen LogP contribution < -0.4 is 0 Å². The minimum atomic E-state index is -0.219. The van der Waals surface area contributed by atoms with Gasteiger partial charge in [0.1, 0.15) is 0 Å². The van der Waals surface area contributed by atoms with Gasteiger partial charge in [-0.1, -0.05) is 0 Å². The number of epoxide rings is 2. The van der Waals surface area contributed by atoms with Crippen LogP contribution in [0.2, 0.25) is 0 Å². The van der Waals surface area contributed by atoms with Crippen LogP contribution in [-0.2, 0) is 23.7 Å². The monoisotopic (exact) mass is 294 g/mol. The van der Waals surface area contributed by atoms with E-state index in [1.165, 1.54) is 0 Å². The molecular weight excluding hydrogens is 272 g/mol. The van der Waals surface area contributed by atoms with Crippen molar-refractivity contribution in [3.63, 3.8) is 0 Å². The van der Waals surface area contributed by atoms with Crippen molar-refractivity contribution in [2.45, 2.75) is 62.9 Å². The highest BCUT2D eigenvalue weighted by Gasteiger charge is 2.46. The highest BCUT2D eigenvalue weighted by Crippen LogP contribution is 2.41. The zero-order valence-electron chi connectivity index (χ0n) is 12.2. The van der Waals surface area contributed by atoms with Crippen LogP contribution in [0, 0.1) is 11.8 Å². The second-order valence-electron chi connectivity index (χ2n) is 6.72. The van der Waals surface area contributed by atoms with Crippen LogP contribution in [0.4, 0.5) is 0 Å². The van der Waals surface area contributed by atoms with Gasteiger partial charge in [-0.2, -0.15) is 0 Å². The molecule has 5 heteroatoms. The van der Waals surface area contributed by atoms with Gasteiger partial charge in [-0.3, -0.25) is 4.79 Å². The molecule has 2 aliphatic carbocycles. The first kappa shape index (κ1) is 13.6. The summed E-state index contributed by atoms with van der Waals surface area (Å²) in [4.78, 5) is 12.0. The number of carbonyl (C=O) groups excluding carboxylic acids is 1. The summed E-state index contributed by atoms with van der Waals surface area (Å²) in [5, 5.41) is 0. The Labute approximate surface area is 124 Å². The van der Waals surface area contributed by atoms with Crippen LogP contribution in [0.3, 0.4) is 0 Å². The van der Waals surface area contributed by atoms with Crippen molar-refractivity contribution in [2.24, 2.45) is 11.8 Å². The molecule has 2 heterocycles. The van der Waals surface area contributed by atoms with E-state index in [2.05, 4.69) is 6.58 Å². The fourth-order valence-corrected chi connectivity index (χ4v) is 3.69. The average molecular weight is 294 g/mol. The molecule has 0 aromatic carbocycles. The van der Waals surface area contributed by atoms with E-state index in [9.17, 15) is 4.79 Å². The van der Waals surface area contributed by atoms with E-state index in [4.69, 9.17) is 18.9 Å². The minimum Gasteiger partial charge on any atom is -0.465 e. The van der Waals surface area contributed by atoms with E-state index in [1.54, 1.807) is 0 Å². The Bertz CT molecular complexity index is 448. The van der Waals surface area contributed by atoms with Gasteiger partial charge < -0.3 is 18.9 Å². The molecule has 4 rings (SSSR count). The lowest BCUT2D eigenvalue weighted by Crippen LogP contribution is -2.24. The first-order valence-corrected chi connectivity index (χ1v) is 8.03. The molecule has 0 amide bonds. The molecule has 0 aromatic heterocycles. The van der Waals surface area contributed by atoms with Gasteiger partial charge in [0.05, 0.1) is 36.9 Å². The zero-order chi connectivity index (χ0) is 14.4. The molecule has 4 fully saturated rings. The lowest BCUT2D eigenvalue weighted by molar-refractivity contribution is -0.151. The molecule has 116 valence electrons. The quantitative estimate of drug-likeness (QED) is 0.442. The molecule has 2 saturated carbocycles. The van der Waals surface area contributed by atoms with Crippen LogP contribution in [0.25, 0.3) is 0 Å². The van der Waals surface area contributed by atoms with Gasteiger partial charge in [-0.05, 0) is 51.0 Å². The molecule has 6 atom stereocenters. The highest BCUT2D eigenvalue weighted by molar-refractivity contribution is 5.73. The molecule has 21 heavy (non-hydrogen) atoms. The minimum absolute atomic E-state index is 0.0654. The standard InChI is InChI=1S/C16H22O5/c1-9(18-8-10-2-4-12-14(6-10)20-12)19-16(17)11-3-5-13-15(7-11)21-13/h10-15H,1-8H2. The van der Waals surface area contributed by atoms with Crippen LogP contribution in [0.1, 0.15) is 38.5 Å². The maximum atomic E-state index is 12.0. The van der Waals surface area contributed by atoms with Crippen molar-refractivity contribution in [2.75, 3.05) is 6.61 Å². The third-order valence-corrected chi connectivity index (χ3v) is 5.14. The zero-order valence-corrected chi connectivity index (χ0v) is 12.2. The Morgan fingerprint density at radius 2 is 1.71 bits per heavy atom. The summed E-state index contributed by atoms with van der Waals surface area (Å²) in [6.07, 6.45) is 7.49. The normalized spacial score (nSPS) is 43.2. The molecule has 4 aliphatic rings. The summed E-state index contributed by atoms with van der Waals surface area (Å²) in [7, 11) is 0. The van der Waals surface area contributed by atoms with Gasteiger partial charge in [0.2, 0.25) is 0 Å². The Hall–Kier alpha value is -1.07. The molecule has 0 N–H and O–H groups in total. The summed E-state index contributed by atoms with van der Waals surface area (Å²) in [6.45, 7) is 4.27. The summed E-state index contributed by atoms with van der Waals surface area (Å²) >= 11 is 0. The summed E-state index contributed by atoms with van der Waals surface area (Å²) in [6, 6.07) is 0. The third kappa shape index (κ3) is 3.09. The molecule has 0 aromatic rings. The number of ether oxygens (including phenoxy) is 4. The van der Waals surface area contributed by atoms with Crippen LogP contribution in [-0.4, -0.2) is 37.0 Å². The summed E-state index contributed by atoms with van der Waals surface area (Å²) < 4.78 is 21.7. The fraction of sp³-hybridized carbons (Fsp3) is 0.812. The largest absolute Gasteiger partial charge is 0.465 e. The topological polar surface area (TPSA) is 60.6 Å². The fourth-order valence-electron chi connectivity index (χ4n) is 3.69. The Morgan fingerprint density at radius 3 is 2.43 bits per heavy atom. The number of fused-ring (bicyclic) bond motifs is 2. The Balaban J connectivity index is 1.17. The predicted octanol–water partition coefficient (Wildman–Crippen LogP) is 2.15. The van der Waals surface area contributed by atoms with Gasteiger partial charge in [-0.25, -0.2) is 0 Å². The van der Waals surface area contributed by atoms with Gasteiger partial charge in [0.15, 0.2) is 0 Å². The molecule has 0 bridgehead atoms. The first-order valence-electron chi connectivity index (χ1n) is 8.03. The lowest BCUT2D eigenvalue weighted by atomic mass is 9.89. The summed E-state index contributed by atoms with van der Waals surface area (Å²) in [5.41, 5.74) is 0. The van der Waals surface area contributed by atoms with Crippen molar-refractivity contribution < 1.29 is 23.7 Å². The van der Waals surface area contributed by atoms with E-state index >= 15 is 0 Å². The maximum Gasteiger partial charge on any atom is 0.316 e. The van der Waals surface area contributed by atoms with E-state index in [0.29, 0.717) is 30.8 Å². The van der Waals surface area contributed by atoms with Crippen molar-refractivity contribution in [1.82, 2.24) is 0 Å². The lowest BCUT2D eigenvalue weighted by Gasteiger charge is -2.21. The number of rotatable bonds is 5. The van der Waals surface area contributed by atoms with Crippen molar-refractivity contribution in [1.29, 1.82) is 0 Å². The van der Waals surface area contributed by atoms with Crippen LogP contribution in [0.5, 0.6) is 0 Å². The number of esters is 1.